The average molecular weight is 1700 g/mol. The van der Waals surface area contributed by atoms with E-state index in [4.69, 9.17) is 37.0 Å². The number of hydrogen-bond acceptors (Lipinski definition) is 8. The molecule has 0 spiro atoms. The molecular weight excluding hydrogens is 1620 g/mol. The van der Waals surface area contributed by atoms with E-state index in [0.717, 1.165) is 159 Å². The standard InChI is InChI=1S/C53H28FNO3.C36H23NO.C34H27NO/c54-32-9-5-8-30(26-32)31-20-25-48-45(27-31)55-53(58-48)44-28-43(42-15-7-14-41-35-11-2-4-17-47(35)57-52(41)42)37-22-19-29-18-21-33(36-23-24-38(44)50(37)49(29)36)39-12-6-13-40-34-10-1-3-16-46(34)56-51(39)40;1-22-7-9-24(10-8-22)28-16-11-25-13-18-30-31(19-14-26-12-17-29(28)34(25)35(26)30)36-37-32-21-27(15-20-33(32)38-36)23-5-3-2-4-6-23;1-20-5-7-21(8-6-20)25-14-9-22-11-16-27-28(17-12-23-10-15-26(25)31(22)32(23)27)33-35-29-19-24(34(2,3)4)13-18-30(29)36-33/h1-28H;2-21H,1H3;5-19H,1-4H3. The Morgan fingerprint density at radius 1 is 0.212 bits per heavy atom. The van der Waals surface area contributed by atoms with Crippen LogP contribution in [0.25, 0.3) is 275 Å². The van der Waals surface area contributed by atoms with Crippen LogP contribution in [0.5, 0.6) is 0 Å². The number of fused-ring (bicyclic) bond motifs is 9. The van der Waals surface area contributed by atoms with Gasteiger partial charge in [0.25, 0.3) is 0 Å². The molecule has 0 aliphatic carbocycles. The Labute approximate surface area is 756 Å². The zero-order chi connectivity index (χ0) is 87.9. The summed E-state index contributed by atoms with van der Waals surface area (Å²) in [6.07, 6.45) is 0. The van der Waals surface area contributed by atoms with Crippen molar-refractivity contribution >= 4 is 174 Å². The van der Waals surface area contributed by atoms with E-state index in [-0.39, 0.29) is 11.2 Å². The number of aromatic nitrogens is 3. The number of benzene rings is 23. The summed E-state index contributed by atoms with van der Waals surface area (Å²) in [5.41, 5.74) is 28.1. The summed E-state index contributed by atoms with van der Waals surface area (Å²) in [5, 5.41) is 26.0. The first-order valence-electron chi connectivity index (χ1n) is 44.9. The molecule has 8 nitrogen and oxygen atoms in total. The second kappa shape index (κ2) is 29.6. The minimum atomic E-state index is -0.281. The van der Waals surface area contributed by atoms with Crippen molar-refractivity contribution < 1.29 is 26.5 Å². The van der Waals surface area contributed by atoms with Crippen molar-refractivity contribution in [3.05, 3.63) is 405 Å². The van der Waals surface area contributed by atoms with Crippen molar-refractivity contribution in [1.82, 2.24) is 15.0 Å². The molecule has 5 heterocycles. The maximum absolute atomic E-state index is 14.2. The van der Waals surface area contributed by atoms with E-state index in [1.54, 1.807) is 6.07 Å². The number of oxazole rings is 3. The third kappa shape index (κ3) is 12.4. The number of nitrogens with zero attached hydrogens (tertiary/aromatic N) is 3. The molecule has 0 unspecified atom stereocenters. The van der Waals surface area contributed by atoms with Crippen LogP contribution in [0.1, 0.15) is 37.5 Å². The molecule has 28 rings (SSSR count). The summed E-state index contributed by atoms with van der Waals surface area (Å²) in [4.78, 5) is 15.0. The Morgan fingerprint density at radius 3 is 1.05 bits per heavy atom. The molecule has 0 radical (unpaired) electrons. The van der Waals surface area contributed by atoms with Gasteiger partial charge in [0.2, 0.25) is 17.7 Å². The van der Waals surface area contributed by atoms with Gasteiger partial charge in [-0.1, -0.05) is 335 Å². The van der Waals surface area contributed by atoms with E-state index in [1.165, 1.54) is 116 Å². The van der Waals surface area contributed by atoms with Gasteiger partial charge in [-0.2, -0.15) is 0 Å². The molecule has 23 aromatic carbocycles. The lowest BCUT2D eigenvalue weighted by atomic mass is 9.85. The van der Waals surface area contributed by atoms with E-state index in [1.807, 2.05) is 60.7 Å². The van der Waals surface area contributed by atoms with Crippen molar-refractivity contribution in [2.75, 3.05) is 0 Å². The van der Waals surface area contributed by atoms with Crippen LogP contribution in [0.2, 0.25) is 0 Å². The molecule has 0 saturated carbocycles. The molecule has 0 amide bonds. The molecule has 0 aliphatic rings. The van der Waals surface area contributed by atoms with Gasteiger partial charge in [-0.3, -0.25) is 0 Å². The molecule has 0 saturated heterocycles. The molecule has 0 aliphatic heterocycles. The predicted molar refractivity (Wildman–Crippen MR) is 545 cm³/mol. The summed E-state index contributed by atoms with van der Waals surface area (Å²) in [5.74, 6) is 1.56. The monoisotopic (exact) mass is 1700 g/mol. The fourth-order valence-corrected chi connectivity index (χ4v) is 20.6. The first-order chi connectivity index (χ1) is 64.7. The highest BCUT2D eigenvalue weighted by Crippen LogP contribution is 2.52. The normalized spacial score (nSPS) is 12.2. The smallest absolute Gasteiger partial charge is 0.227 e. The van der Waals surface area contributed by atoms with E-state index in [2.05, 4.69) is 338 Å². The van der Waals surface area contributed by atoms with Gasteiger partial charge in [-0.25, -0.2) is 19.3 Å². The van der Waals surface area contributed by atoms with Gasteiger partial charge in [0.15, 0.2) is 16.7 Å². The van der Waals surface area contributed by atoms with E-state index >= 15 is 0 Å². The molecule has 0 fully saturated rings. The topological polar surface area (TPSA) is 104 Å². The molecule has 9 heteroatoms. The first-order valence-corrected chi connectivity index (χ1v) is 44.9. The summed E-state index contributed by atoms with van der Waals surface area (Å²) in [6, 6.07) is 133. The highest BCUT2D eigenvalue weighted by atomic mass is 19.1. The van der Waals surface area contributed by atoms with E-state index < -0.39 is 0 Å². The Balaban J connectivity index is 0.000000108. The third-order valence-corrected chi connectivity index (χ3v) is 27.2. The number of halogens is 1. The summed E-state index contributed by atoms with van der Waals surface area (Å²) >= 11 is 0. The number of para-hydroxylation sites is 4. The van der Waals surface area contributed by atoms with Crippen molar-refractivity contribution in [3.8, 4) is 101 Å². The van der Waals surface area contributed by atoms with Crippen LogP contribution in [0.3, 0.4) is 0 Å². The summed E-state index contributed by atoms with van der Waals surface area (Å²) in [6.45, 7) is 10.9. The van der Waals surface area contributed by atoms with Crippen LogP contribution in [0.15, 0.2) is 404 Å². The highest BCUT2D eigenvalue weighted by Gasteiger charge is 2.28. The van der Waals surface area contributed by atoms with Gasteiger partial charge >= 0.3 is 0 Å². The lowest BCUT2D eigenvalue weighted by Crippen LogP contribution is -2.10. The minimum Gasteiger partial charge on any atom is -0.455 e. The molecule has 622 valence electrons. The second-order valence-corrected chi connectivity index (χ2v) is 36.2. The van der Waals surface area contributed by atoms with Gasteiger partial charge in [-0.05, 0) is 256 Å². The van der Waals surface area contributed by atoms with Gasteiger partial charge in [0, 0.05) is 49.4 Å². The molecule has 5 aromatic heterocycles. The van der Waals surface area contributed by atoms with Crippen molar-refractivity contribution in [2.24, 2.45) is 0 Å². The van der Waals surface area contributed by atoms with Crippen molar-refractivity contribution in [1.29, 1.82) is 0 Å². The molecule has 0 atom stereocenters. The molecular formula is C123H78FN3O5. The van der Waals surface area contributed by atoms with Crippen LogP contribution >= 0.6 is 0 Å². The van der Waals surface area contributed by atoms with Crippen LogP contribution < -0.4 is 0 Å². The second-order valence-electron chi connectivity index (χ2n) is 36.2. The summed E-state index contributed by atoms with van der Waals surface area (Å²) < 4.78 is 46.7. The predicted octanol–water partition coefficient (Wildman–Crippen LogP) is 35.0. The van der Waals surface area contributed by atoms with Crippen LogP contribution in [-0.4, -0.2) is 15.0 Å². The van der Waals surface area contributed by atoms with Crippen molar-refractivity contribution in [2.45, 2.75) is 40.0 Å². The fourth-order valence-electron chi connectivity index (χ4n) is 20.6. The highest BCUT2D eigenvalue weighted by molar-refractivity contribution is 6.33. The molecule has 28 aromatic rings. The minimum absolute atomic E-state index is 0.0649. The van der Waals surface area contributed by atoms with E-state index in [0.29, 0.717) is 28.8 Å². The Bertz CT molecular complexity index is 9560. The Kier molecular flexibility index (Phi) is 17.1. The average Bonchev–Trinajstić information content (AvgIpc) is 1.12. The third-order valence-electron chi connectivity index (χ3n) is 27.2. The van der Waals surface area contributed by atoms with Gasteiger partial charge in [0.1, 0.15) is 44.7 Å². The number of rotatable bonds is 9. The maximum Gasteiger partial charge on any atom is 0.227 e. The zero-order valence-electron chi connectivity index (χ0n) is 72.6. The summed E-state index contributed by atoms with van der Waals surface area (Å²) in [7, 11) is 0. The maximum atomic E-state index is 14.2. The number of hydrogen-bond donors (Lipinski definition) is 0. The molecule has 132 heavy (non-hydrogen) atoms. The molecule has 0 bridgehead atoms. The van der Waals surface area contributed by atoms with E-state index in [9.17, 15) is 4.39 Å². The van der Waals surface area contributed by atoms with Gasteiger partial charge < -0.3 is 22.1 Å². The lowest BCUT2D eigenvalue weighted by molar-refractivity contribution is 0.590. The number of furan rings is 2. The Morgan fingerprint density at radius 2 is 0.561 bits per heavy atom. The number of aryl methyl sites for hydroxylation is 2. The first kappa shape index (κ1) is 76.4. The molecule has 0 N–H and O–H groups in total. The Hall–Kier alpha value is -16.9. The van der Waals surface area contributed by atoms with Gasteiger partial charge in [0.05, 0.1) is 0 Å². The largest absolute Gasteiger partial charge is 0.455 e. The van der Waals surface area contributed by atoms with Crippen molar-refractivity contribution in [3.63, 3.8) is 0 Å². The lowest BCUT2D eigenvalue weighted by Gasteiger charge is -2.18. The van der Waals surface area contributed by atoms with Crippen LogP contribution in [-0.2, 0) is 5.41 Å². The fraction of sp³-hybridized carbons (Fsp3) is 0.0488. The quantitative estimate of drug-likeness (QED) is 0.132. The van der Waals surface area contributed by atoms with Gasteiger partial charge in [-0.15, -0.1) is 0 Å². The van der Waals surface area contributed by atoms with Crippen LogP contribution in [0, 0.1) is 19.7 Å². The SMILES string of the molecule is Cc1ccc(-c2ccc3ccc4c(-c5nc6cc(-c7ccccc7)ccc6o5)ccc5ccc2c3c54)cc1.Cc1ccc(-c2ccc3ccc4c(-c5nc6cc(C(C)(C)C)ccc6o5)ccc5ccc2c3c54)cc1.Fc1cccc(-c2ccc3oc(-c4cc(-c5cccc6c5oc5ccccc56)c5ccc6ccc(-c7cccc8c7oc7ccccc78)c7ccc4c5c67)nc3c2)c1. The zero-order valence-corrected chi connectivity index (χ0v) is 72.6. The van der Waals surface area contributed by atoms with Crippen LogP contribution in [0.4, 0.5) is 4.39 Å².